The zero-order chi connectivity index (χ0) is 20.9. The van der Waals surface area contributed by atoms with Crippen molar-refractivity contribution < 1.29 is 4.79 Å². The van der Waals surface area contributed by atoms with Gasteiger partial charge < -0.3 is 5.32 Å². The van der Waals surface area contributed by atoms with Gasteiger partial charge in [-0.25, -0.2) is 0 Å². The summed E-state index contributed by atoms with van der Waals surface area (Å²) in [7, 11) is 0. The van der Waals surface area contributed by atoms with Crippen molar-refractivity contribution in [3.05, 3.63) is 57.7 Å². The minimum Gasteiger partial charge on any atom is -0.355 e. The number of unbranched alkanes of at least 4 members (excludes halogenated alkanes) is 1. The third-order valence-electron chi connectivity index (χ3n) is 4.83. The van der Waals surface area contributed by atoms with E-state index in [9.17, 15) is 9.59 Å². The van der Waals surface area contributed by atoms with Crippen LogP contribution in [0, 0.1) is 0 Å². The number of benzene rings is 1. The molecule has 3 aromatic heterocycles. The van der Waals surface area contributed by atoms with Gasteiger partial charge in [0.2, 0.25) is 11.7 Å². The predicted molar refractivity (Wildman–Crippen MR) is 121 cm³/mol. The molecule has 0 aliphatic carbocycles. The van der Waals surface area contributed by atoms with E-state index < -0.39 is 0 Å². The second kappa shape index (κ2) is 9.44. The standard InChI is InChI=1S/C21H23N5O2S2/c1-2-3-12-25-19(28)18-16(10-13-29-18)26-20(25)23-24-21(26)30-14-17(27)22-11-9-15-7-5-4-6-8-15/h4-8,10,13H,2-3,9,11-12,14H2,1H3,(H,22,27). The van der Waals surface area contributed by atoms with Crippen LogP contribution in [0.25, 0.3) is 16.0 Å². The van der Waals surface area contributed by atoms with Gasteiger partial charge in [-0.3, -0.25) is 18.6 Å². The van der Waals surface area contributed by atoms with E-state index in [0.717, 1.165) is 24.8 Å². The number of nitrogens with one attached hydrogen (secondary N) is 1. The summed E-state index contributed by atoms with van der Waals surface area (Å²) < 4.78 is 4.27. The number of hydrogen-bond donors (Lipinski definition) is 1. The number of rotatable bonds is 9. The van der Waals surface area contributed by atoms with E-state index in [1.165, 1.54) is 28.7 Å². The molecule has 3 heterocycles. The first kappa shape index (κ1) is 20.6. The lowest BCUT2D eigenvalue weighted by atomic mass is 10.1. The number of aryl methyl sites for hydroxylation is 1. The Hall–Kier alpha value is -2.65. The Morgan fingerprint density at radius 3 is 2.83 bits per heavy atom. The number of fused-ring (bicyclic) bond motifs is 3. The van der Waals surface area contributed by atoms with Gasteiger partial charge in [-0.15, -0.1) is 21.5 Å². The summed E-state index contributed by atoms with van der Waals surface area (Å²) in [5, 5.41) is 14.0. The fourth-order valence-electron chi connectivity index (χ4n) is 3.28. The molecule has 1 N–H and O–H groups in total. The Bertz CT molecular complexity index is 1210. The second-order valence-corrected chi connectivity index (χ2v) is 8.80. The lowest BCUT2D eigenvalue weighted by Crippen LogP contribution is -2.27. The first-order valence-electron chi connectivity index (χ1n) is 9.97. The minimum absolute atomic E-state index is 0.0245. The van der Waals surface area contributed by atoms with Gasteiger partial charge in [0.05, 0.1) is 11.3 Å². The summed E-state index contributed by atoms with van der Waals surface area (Å²) in [6, 6.07) is 12.0. The molecular weight excluding hydrogens is 418 g/mol. The molecule has 0 aliphatic rings. The fraction of sp³-hybridized carbons (Fsp3) is 0.333. The minimum atomic E-state index is -0.0476. The fourth-order valence-corrected chi connectivity index (χ4v) is 4.88. The van der Waals surface area contributed by atoms with E-state index in [-0.39, 0.29) is 17.2 Å². The molecule has 0 atom stereocenters. The number of amides is 1. The predicted octanol–water partition coefficient (Wildman–Crippen LogP) is 3.36. The molecule has 4 rings (SSSR count). The van der Waals surface area contributed by atoms with E-state index in [1.807, 2.05) is 46.2 Å². The molecule has 0 bridgehead atoms. The van der Waals surface area contributed by atoms with Gasteiger partial charge in [0.15, 0.2) is 5.16 Å². The SMILES string of the molecule is CCCCn1c(=O)c2sccc2n2c(SCC(=O)NCCc3ccccc3)nnc12. The highest BCUT2D eigenvalue weighted by atomic mass is 32.2. The maximum atomic E-state index is 12.8. The van der Waals surface area contributed by atoms with Crippen molar-refractivity contribution in [3.63, 3.8) is 0 Å². The maximum absolute atomic E-state index is 12.8. The van der Waals surface area contributed by atoms with Gasteiger partial charge in [0.1, 0.15) is 4.70 Å². The molecular formula is C21H23N5O2S2. The second-order valence-electron chi connectivity index (χ2n) is 6.94. The van der Waals surface area contributed by atoms with Gasteiger partial charge in [0.25, 0.3) is 5.56 Å². The Balaban J connectivity index is 1.48. The van der Waals surface area contributed by atoms with Crippen LogP contribution in [0.1, 0.15) is 25.3 Å². The Labute approximate surface area is 182 Å². The van der Waals surface area contributed by atoms with Crippen molar-refractivity contribution in [2.45, 2.75) is 37.9 Å². The highest BCUT2D eigenvalue weighted by Crippen LogP contribution is 2.24. The molecule has 9 heteroatoms. The molecule has 1 amide bonds. The number of hydrogen-bond acceptors (Lipinski definition) is 6. The molecule has 0 aliphatic heterocycles. The number of nitrogens with zero attached hydrogens (tertiary/aromatic N) is 4. The summed E-state index contributed by atoms with van der Waals surface area (Å²) in [4.78, 5) is 25.1. The normalized spacial score (nSPS) is 11.4. The van der Waals surface area contributed by atoms with Crippen molar-refractivity contribution in [1.82, 2.24) is 24.5 Å². The van der Waals surface area contributed by atoms with E-state index in [0.29, 0.717) is 28.7 Å². The van der Waals surface area contributed by atoms with Gasteiger partial charge in [-0.2, -0.15) is 0 Å². The zero-order valence-electron chi connectivity index (χ0n) is 16.7. The number of thioether (sulfide) groups is 1. The van der Waals surface area contributed by atoms with E-state index in [2.05, 4.69) is 22.4 Å². The first-order chi connectivity index (χ1) is 14.7. The Kier molecular flexibility index (Phi) is 6.49. The summed E-state index contributed by atoms with van der Waals surface area (Å²) >= 11 is 2.76. The number of carbonyl (C=O) groups is 1. The molecule has 0 saturated heterocycles. The van der Waals surface area contributed by atoms with E-state index in [1.54, 1.807) is 4.57 Å². The third kappa shape index (κ3) is 4.27. The summed E-state index contributed by atoms with van der Waals surface area (Å²) in [6.45, 7) is 3.29. The molecule has 7 nitrogen and oxygen atoms in total. The quantitative estimate of drug-likeness (QED) is 0.403. The van der Waals surface area contributed by atoms with Crippen molar-refractivity contribution in [3.8, 4) is 0 Å². The van der Waals surface area contributed by atoms with Gasteiger partial charge in [-0.05, 0) is 29.9 Å². The highest BCUT2D eigenvalue weighted by Gasteiger charge is 2.18. The van der Waals surface area contributed by atoms with Crippen LogP contribution in [0.3, 0.4) is 0 Å². The maximum Gasteiger partial charge on any atom is 0.272 e. The Morgan fingerprint density at radius 1 is 1.20 bits per heavy atom. The molecule has 0 unspecified atom stereocenters. The smallest absolute Gasteiger partial charge is 0.272 e. The van der Waals surface area contributed by atoms with Crippen LogP contribution in [0.5, 0.6) is 0 Å². The topological polar surface area (TPSA) is 81.3 Å². The number of thiophene rings is 1. The van der Waals surface area contributed by atoms with E-state index >= 15 is 0 Å². The zero-order valence-corrected chi connectivity index (χ0v) is 18.3. The van der Waals surface area contributed by atoms with Crippen LogP contribution in [0.15, 0.2) is 51.7 Å². The molecule has 0 saturated carbocycles. The molecule has 156 valence electrons. The van der Waals surface area contributed by atoms with Crippen LogP contribution >= 0.6 is 23.1 Å². The average Bonchev–Trinajstić information content (AvgIpc) is 3.40. The first-order valence-corrected chi connectivity index (χ1v) is 11.8. The molecule has 30 heavy (non-hydrogen) atoms. The molecule has 0 spiro atoms. The van der Waals surface area contributed by atoms with Crippen LogP contribution in [-0.2, 0) is 17.8 Å². The summed E-state index contributed by atoms with van der Waals surface area (Å²) in [5.74, 6) is 0.731. The van der Waals surface area contributed by atoms with Crippen molar-refractivity contribution >= 4 is 45.0 Å². The van der Waals surface area contributed by atoms with Gasteiger partial charge in [-0.1, -0.05) is 55.4 Å². The van der Waals surface area contributed by atoms with Crippen molar-refractivity contribution in [1.29, 1.82) is 0 Å². The van der Waals surface area contributed by atoms with Crippen LogP contribution in [0.4, 0.5) is 0 Å². The highest BCUT2D eigenvalue weighted by molar-refractivity contribution is 7.99. The number of carbonyl (C=O) groups excluding carboxylic acids is 1. The van der Waals surface area contributed by atoms with Gasteiger partial charge >= 0.3 is 0 Å². The number of aromatic nitrogens is 4. The van der Waals surface area contributed by atoms with Crippen LogP contribution < -0.4 is 10.9 Å². The average molecular weight is 442 g/mol. The van der Waals surface area contributed by atoms with Crippen LogP contribution in [0.2, 0.25) is 0 Å². The third-order valence-corrected chi connectivity index (χ3v) is 6.65. The van der Waals surface area contributed by atoms with Crippen LogP contribution in [-0.4, -0.2) is 37.4 Å². The monoisotopic (exact) mass is 441 g/mol. The summed E-state index contributed by atoms with van der Waals surface area (Å²) in [6.07, 6.45) is 2.68. The van der Waals surface area contributed by atoms with Gasteiger partial charge in [0, 0.05) is 13.1 Å². The Morgan fingerprint density at radius 2 is 2.03 bits per heavy atom. The summed E-state index contributed by atoms with van der Waals surface area (Å²) in [5.41, 5.74) is 1.96. The van der Waals surface area contributed by atoms with E-state index in [4.69, 9.17) is 0 Å². The molecule has 4 aromatic rings. The lowest BCUT2D eigenvalue weighted by Gasteiger charge is -2.09. The molecule has 1 aromatic carbocycles. The largest absolute Gasteiger partial charge is 0.355 e. The van der Waals surface area contributed by atoms with Crippen molar-refractivity contribution in [2.24, 2.45) is 0 Å². The molecule has 0 radical (unpaired) electrons. The molecule has 0 fully saturated rings. The van der Waals surface area contributed by atoms with Crippen molar-refractivity contribution in [2.75, 3.05) is 12.3 Å². The lowest BCUT2D eigenvalue weighted by molar-refractivity contribution is -0.118.